The lowest BCUT2D eigenvalue weighted by atomic mass is 9.96. The fraction of sp³-hybridized carbons (Fsp3) is 0.400. The van der Waals surface area contributed by atoms with Crippen LogP contribution in [0.25, 0.3) is 0 Å². The van der Waals surface area contributed by atoms with Crippen LogP contribution in [0.3, 0.4) is 0 Å². The molecule has 0 radical (unpaired) electrons. The average molecular weight is 273 g/mol. The number of nitrogens with two attached hydrogens (primary N) is 1. The summed E-state index contributed by atoms with van der Waals surface area (Å²) in [6.07, 6.45) is 4.47. The maximum atomic E-state index is 5.75. The molecule has 0 atom stereocenters. The van der Waals surface area contributed by atoms with Crippen LogP contribution in [0, 0.1) is 6.92 Å². The van der Waals surface area contributed by atoms with Crippen LogP contribution >= 0.6 is 11.3 Å². The highest BCUT2D eigenvalue weighted by molar-refractivity contribution is 7.11. The van der Waals surface area contributed by atoms with Crippen molar-refractivity contribution in [1.29, 1.82) is 0 Å². The fourth-order valence-electron chi connectivity index (χ4n) is 2.45. The molecule has 1 heterocycles. The zero-order valence-electron chi connectivity index (χ0n) is 11.1. The normalized spacial score (nSPS) is 16.5. The Morgan fingerprint density at radius 3 is 2.63 bits per heavy atom. The number of nitrogen functional groups attached to an aromatic ring is 1. The highest BCUT2D eigenvalue weighted by Crippen LogP contribution is 2.47. The summed E-state index contributed by atoms with van der Waals surface area (Å²) < 4.78 is 0. The van der Waals surface area contributed by atoms with E-state index in [1.165, 1.54) is 28.3 Å². The van der Waals surface area contributed by atoms with E-state index < -0.39 is 0 Å². The molecule has 0 bridgehead atoms. The number of hydrogen-bond donors (Lipinski definition) is 2. The Labute approximate surface area is 117 Å². The predicted molar refractivity (Wildman–Crippen MR) is 80.3 cm³/mol. The molecule has 100 valence electrons. The average Bonchev–Trinajstić information content (AvgIpc) is 3.07. The van der Waals surface area contributed by atoms with E-state index in [9.17, 15) is 0 Å². The van der Waals surface area contributed by atoms with Gasteiger partial charge in [0, 0.05) is 35.3 Å². The van der Waals surface area contributed by atoms with E-state index in [2.05, 4.69) is 29.4 Å². The number of thiazole rings is 1. The lowest BCUT2D eigenvalue weighted by Gasteiger charge is -2.16. The summed E-state index contributed by atoms with van der Waals surface area (Å²) in [6.45, 7) is 3.99. The first-order valence-electron chi connectivity index (χ1n) is 6.66. The molecule has 1 aliphatic rings. The second-order valence-corrected chi connectivity index (χ2v) is 6.69. The number of nitrogens with one attached hydrogen (secondary N) is 1. The minimum atomic E-state index is 0.333. The number of rotatable bonds is 5. The molecule has 19 heavy (non-hydrogen) atoms. The third-order valence-electron chi connectivity index (χ3n) is 3.79. The molecule has 0 saturated heterocycles. The molecule has 0 aliphatic heterocycles. The van der Waals surface area contributed by atoms with Crippen molar-refractivity contribution in [3.63, 3.8) is 0 Å². The van der Waals surface area contributed by atoms with Gasteiger partial charge in [-0.1, -0.05) is 12.1 Å². The van der Waals surface area contributed by atoms with Crippen LogP contribution in [-0.4, -0.2) is 11.5 Å². The Morgan fingerprint density at radius 2 is 2.05 bits per heavy atom. The van der Waals surface area contributed by atoms with Crippen LogP contribution in [0.2, 0.25) is 0 Å². The molecule has 0 unspecified atom stereocenters. The summed E-state index contributed by atoms with van der Waals surface area (Å²) in [5.41, 5.74) is 8.33. The van der Waals surface area contributed by atoms with Gasteiger partial charge in [0.25, 0.3) is 0 Å². The molecule has 3 N–H and O–H groups in total. The van der Waals surface area contributed by atoms with E-state index in [4.69, 9.17) is 5.73 Å². The zero-order chi connectivity index (χ0) is 13.3. The van der Waals surface area contributed by atoms with Gasteiger partial charge in [-0.05, 0) is 37.5 Å². The number of aryl methyl sites for hydroxylation is 1. The summed E-state index contributed by atoms with van der Waals surface area (Å²) in [4.78, 5) is 5.65. The van der Waals surface area contributed by atoms with Crippen LogP contribution in [0.15, 0.2) is 30.5 Å². The second-order valence-electron chi connectivity index (χ2n) is 5.37. The van der Waals surface area contributed by atoms with Gasteiger partial charge in [-0.15, -0.1) is 11.3 Å². The number of aromatic nitrogens is 1. The number of nitrogens with zero attached hydrogens (tertiary/aromatic N) is 1. The summed E-state index contributed by atoms with van der Waals surface area (Å²) in [6, 6.07) is 8.33. The van der Waals surface area contributed by atoms with Crippen LogP contribution in [0.4, 0.5) is 5.69 Å². The molecular weight excluding hydrogens is 254 g/mol. The van der Waals surface area contributed by atoms with Crippen molar-refractivity contribution in [2.45, 2.75) is 31.7 Å². The third kappa shape index (κ3) is 2.80. The Kier molecular flexibility index (Phi) is 3.29. The van der Waals surface area contributed by atoms with Gasteiger partial charge in [0.2, 0.25) is 0 Å². The molecule has 0 amide bonds. The molecule has 1 fully saturated rings. The van der Waals surface area contributed by atoms with Crippen molar-refractivity contribution in [2.75, 3.05) is 12.3 Å². The van der Waals surface area contributed by atoms with E-state index in [0.29, 0.717) is 5.41 Å². The maximum Gasteiger partial charge on any atom is 0.107 e. The second kappa shape index (κ2) is 4.94. The molecule has 0 spiro atoms. The van der Waals surface area contributed by atoms with Crippen molar-refractivity contribution < 1.29 is 0 Å². The van der Waals surface area contributed by atoms with Crippen molar-refractivity contribution in [1.82, 2.24) is 10.3 Å². The molecule has 4 heteroatoms. The SMILES string of the molecule is Cc1cnc(CNCC2(c3ccc(N)cc3)CC2)s1. The van der Waals surface area contributed by atoms with E-state index in [-0.39, 0.29) is 0 Å². The van der Waals surface area contributed by atoms with E-state index in [1.807, 2.05) is 18.3 Å². The first-order valence-corrected chi connectivity index (χ1v) is 7.48. The molecule has 1 aromatic heterocycles. The van der Waals surface area contributed by atoms with Crippen molar-refractivity contribution in [3.8, 4) is 0 Å². The van der Waals surface area contributed by atoms with Gasteiger partial charge in [-0.2, -0.15) is 0 Å². The monoisotopic (exact) mass is 273 g/mol. The lowest BCUT2D eigenvalue weighted by Crippen LogP contribution is -2.26. The third-order valence-corrected chi connectivity index (χ3v) is 4.70. The fourth-order valence-corrected chi connectivity index (χ4v) is 3.20. The Balaban J connectivity index is 1.59. The Bertz CT molecular complexity index is 555. The summed E-state index contributed by atoms with van der Waals surface area (Å²) in [5, 5.41) is 4.72. The van der Waals surface area contributed by atoms with Crippen LogP contribution < -0.4 is 11.1 Å². The number of anilines is 1. The van der Waals surface area contributed by atoms with Crippen LogP contribution in [-0.2, 0) is 12.0 Å². The minimum Gasteiger partial charge on any atom is -0.399 e. The van der Waals surface area contributed by atoms with Gasteiger partial charge in [0.15, 0.2) is 0 Å². The topological polar surface area (TPSA) is 50.9 Å². The predicted octanol–water partition coefficient (Wildman–Crippen LogP) is 2.86. The molecule has 1 saturated carbocycles. The minimum absolute atomic E-state index is 0.333. The van der Waals surface area contributed by atoms with Gasteiger partial charge in [-0.25, -0.2) is 4.98 Å². The van der Waals surface area contributed by atoms with Gasteiger partial charge < -0.3 is 11.1 Å². The van der Waals surface area contributed by atoms with Gasteiger partial charge in [0.1, 0.15) is 5.01 Å². The molecule has 3 nitrogen and oxygen atoms in total. The summed E-state index contributed by atoms with van der Waals surface area (Å²) >= 11 is 1.77. The summed E-state index contributed by atoms with van der Waals surface area (Å²) in [7, 11) is 0. The lowest BCUT2D eigenvalue weighted by molar-refractivity contribution is 0.573. The highest BCUT2D eigenvalue weighted by Gasteiger charge is 2.43. The van der Waals surface area contributed by atoms with E-state index >= 15 is 0 Å². The molecule has 1 aromatic carbocycles. The Morgan fingerprint density at radius 1 is 1.32 bits per heavy atom. The first kappa shape index (κ1) is 12.6. The van der Waals surface area contributed by atoms with Crippen molar-refractivity contribution in [2.24, 2.45) is 0 Å². The van der Waals surface area contributed by atoms with Crippen molar-refractivity contribution in [3.05, 3.63) is 45.9 Å². The largest absolute Gasteiger partial charge is 0.399 e. The standard InChI is InChI=1S/C15H19N3S/c1-11-8-18-14(19-11)9-17-10-15(6-7-15)12-2-4-13(16)5-3-12/h2-5,8,17H,6-7,9-10,16H2,1H3. The van der Waals surface area contributed by atoms with Crippen LogP contribution in [0.5, 0.6) is 0 Å². The molecule has 2 aromatic rings. The molecular formula is C15H19N3S. The van der Waals surface area contributed by atoms with Gasteiger partial charge >= 0.3 is 0 Å². The number of benzene rings is 1. The van der Waals surface area contributed by atoms with Gasteiger partial charge in [-0.3, -0.25) is 0 Å². The number of hydrogen-bond acceptors (Lipinski definition) is 4. The van der Waals surface area contributed by atoms with Gasteiger partial charge in [0.05, 0.1) is 0 Å². The maximum absolute atomic E-state index is 5.75. The van der Waals surface area contributed by atoms with Crippen molar-refractivity contribution >= 4 is 17.0 Å². The zero-order valence-corrected chi connectivity index (χ0v) is 12.0. The van der Waals surface area contributed by atoms with E-state index in [0.717, 1.165) is 18.8 Å². The highest BCUT2D eigenvalue weighted by atomic mass is 32.1. The molecule has 1 aliphatic carbocycles. The smallest absolute Gasteiger partial charge is 0.107 e. The first-order chi connectivity index (χ1) is 9.18. The Hall–Kier alpha value is -1.39. The summed E-state index contributed by atoms with van der Waals surface area (Å²) in [5.74, 6) is 0. The van der Waals surface area contributed by atoms with Crippen LogP contribution in [0.1, 0.15) is 28.3 Å². The molecule has 3 rings (SSSR count). The van der Waals surface area contributed by atoms with E-state index in [1.54, 1.807) is 11.3 Å². The quantitative estimate of drug-likeness (QED) is 0.824.